The average molecular weight is 514 g/mol. The number of hydrogen-bond acceptors (Lipinski definition) is 8. The minimum Gasteiger partial charge on any atom is -0.458 e. The first kappa shape index (κ1) is 25.9. The van der Waals surface area contributed by atoms with Crippen LogP contribution in [-0.4, -0.2) is 33.5 Å². The van der Waals surface area contributed by atoms with Gasteiger partial charge >= 0.3 is 7.60 Å². The van der Waals surface area contributed by atoms with Crippen molar-refractivity contribution in [2.75, 3.05) is 23.8 Å². The molecule has 2 rings (SSSR count). The monoisotopic (exact) mass is 512 g/mol. The molecule has 172 valence electrons. The van der Waals surface area contributed by atoms with Crippen LogP contribution in [0.15, 0.2) is 23.1 Å². The van der Waals surface area contributed by atoms with Crippen LogP contribution in [0.4, 0.5) is 11.5 Å². The average Bonchev–Trinajstić information content (AvgIpc) is 3.11. The lowest BCUT2D eigenvalue weighted by molar-refractivity contribution is 0.0996. The number of carbonyl (C=O) groups excluding carboxylic acids is 1. The highest BCUT2D eigenvalue weighted by molar-refractivity contribution is 7.62. The Bertz CT molecular complexity index is 972. The Kier molecular flexibility index (Phi) is 8.41. The summed E-state index contributed by atoms with van der Waals surface area (Å²) < 4.78 is 27.2. The number of rotatable bonds is 9. The number of nitrogens with zero attached hydrogens (tertiary/aromatic N) is 2. The summed E-state index contributed by atoms with van der Waals surface area (Å²) in [4.78, 5) is 21.0. The van der Waals surface area contributed by atoms with Gasteiger partial charge in [0.05, 0.1) is 12.9 Å². The number of alkyl halides is 2. The van der Waals surface area contributed by atoms with Gasteiger partial charge in [-0.05, 0) is 25.3 Å². The largest absolute Gasteiger partial charge is 0.458 e. The lowest BCUT2D eigenvalue weighted by atomic mass is 9.97. The second kappa shape index (κ2) is 10.1. The SMILES string of the molecule is CCOP(=O)(OC(C)(Cl)Cl)c1ccoc1C(=O)Nc1c(Cl)ncnc1NCC(C)(C)C. The number of halogens is 3. The zero-order chi connectivity index (χ0) is 23.4. The molecule has 1 amide bonds. The first-order valence-corrected chi connectivity index (χ1v) is 11.9. The molecule has 9 nitrogen and oxygen atoms in total. The van der Waals surface area contributed by atoms with Crippen molar-refractivity contribution >= 4 is 65.1 Å². The van der Waals surface area contributed by atoms with Gasteiger partial charge in [-0.25, -0.2) is 9.97 Å². The Morgan fingerprint density at radius 2 is 1.94 bits per heavy atom. The van der Waals surface area contributed by atoms with Crippen LogP contribution in [-0.2, 0) is 13.6 Å². The molecule has 0 aromatic carbocycles. The second-order valence-electron chi connectivity index (χ2n) is 7.71. The van der Waals surface area contributed by atoms with Crippen LogP contribution in [0.2, 0.25) is 5.15 Å². The fourth-order valence-electron chi connectivity index (χ4n) is 2.34. The summed E-state index contributed by atoms with van der Waals surface area (Å²) in [5, 5.41) is 5.57. The van der Waals surface area contributed by atoms with Gasteiger partial charge in [0.15, 0.2) is 11.0 Å². The third kappa shape index (κ3) is 7.34. The molecule has 1 unspecified atom stereocenters. The third-order valence-corrected chi connectivity index (χ3v) is 6.35. The summed E-state index contributed by atoms with van der Waals surface area (Å²) in [6.45, 7) is 9.52. The summed E-state index contributed by atoms with van der Waals surface area (Å²) in [6, 6.07) is 1.28. The minimum atomic E-state index is -4.10. The highest BCUT2D eigenvalue weighted by Crippen LogP contribution is 2.53. The van der Waals surface area contributed by atoms with Gasteiger partial charge in [0.1, 0.15) is 17.3 Å². The van der Waals surface area contributed by atoms with Crippen LogP contribution >= 0.6 is 42.4 Å². The van der Waals surface area contributed by atoms with Crippen LogP contribution in [0, 0.1) is 5.41 Å². The van der Waals surface area contributed by atoms with Crippen molar-refractivity contribution < 1.29 is 22.8 Å². The Morgan fingerprint density at radius 1 is 1.26 bits per heavy atom. The Hall–Kier alpha value is -1.35. The smallest absolute Gasteiger partial charge is 0.368 e. The molecule has 0 aliphatic heterocycles. The number of nitrogens with one attached hydrogen (secondary N) is 2. The van der Waals surface area contributed by atoms with E-state index in [1.165, 1.54) is 25.6 Å². The van der Waals surface area contributed by atoms with Gasteiger partial charge in [-0.3, -0.25) is 13.9 Å². The molecular weight excluding hydrogens is 490 g/mol. The quantitative estimate of drug-likeness (QED) is 0.258. The van der Waals surface area contributed by atoms with Gasteiger partial charge in [-0.2, -0.15) is 0 Å². The van der Waals surface area contributed by atoms with Gasteiger partial charge in [-0.1, -0.05) is 55.6 Å². The topological polar surface area (TPSA) is 116 Å². The van der Waals surface area contributed by atoms with E-state index >= 15 is 0 Å². The van der Waals surface area contributed by atoms with E-state index in [9.17, 15) is 9.36 Å². The highest BCUT2D eigenvalue weighted by Gasteiger charge is 2.40. The van der Waals surface area contributed by atoms with E-state index < -0.39 is 18.0 Å². The molecule has 1 atom stereocenters. The number of hydrogen-bond donors (Lipinski definition) is 2. The summed E-state index contributed by atoms with van der Waals surface area (Å²) in [7, 11) is -4.10. The normalized spacial score (nSPS) is 14.2. The van der Waals surface area contributed by atoms with Gasteiger partial charge in [-0.15, -0.1) is 0 Å². The van der Waals surface area contributed by atoms with Gasteiger partial charge in [0.2, 0.25) is 10.3 Å². The number of amides is 1. The lowest BCUT2D eigenvalue weighted by Gasteiger charge is -2.23. The van der Waals surface area contributed by atoms with Gasteiger partial charge in [0.25, 0.3) is 5.91 Å². The Balaban J connectivity index is 2.37. The van der Waals surface area contributed by atoms with Crippen LogP contribution in [0.1, 0.15) is 45.2 Å². The minimum absolute atomic E-state index is 0.00574. The van der Waals surface area contributed by atoms with E-state index in [1.807, 2.05) is 20.8 Å². The summed E-state index contributed by atoms with van der Waals surface area (Å²) in [6.07, 6.45) is 2.43. The van der Waals surface area contributed by atoms with Crippen molar-refractivity contribution in [3.63, 3.8) is 0 Å². The zero-order valence-corrected chi connectivity index (χ0v) is 20.8. The standard InChI is InChI=1S/C18H24Cl3N4O5P/c1-6-29-31(27,30-18(5,20)21)11-7-8-28-13(11)16(26)25-12-14(19)23-10-24-15(12)22-9-17(2,3)4/h7-8,10H,6,9H2,1-5H3,(H,25,26)(H,22,23,24). The Morgan fingerprint density at radius 3 is 2.52 bits per heavy atom. The molecule has 0 saturated heterocycles. The fraction of sp³-hybridized carbons (Fsp3) is 0.500. The van der Waals surface area contributed by atoms with Crippen molar-refractivity contribution in [1.29, 1.82) is 0 Å². The summed E-state index contributed by atoms with van der Waals surface area (Å²) in [5.41, 5.74) is 0.0666. The molecule has 0 radical (unpaired) electrons. The molecule has 2 N–H and O–H groups in total. The molecule has 13 heteroatoms. The molecule has 2 aromatic heterocycles. The predicted molar refractivity (Wildman–Crippen MR) is 122 cm³/mol. The maximum atomic E-state index is 13.3. The zero-order valence-electron chi connectivity index (χ0n) is 17.7. The Labute approximate surface area is 195 Å². The molecule has 0 bridgehead atoms. The number of carbonyl (C=O) groups is 1. The molecule has 0 aliphatic rings. The predicted octanol–water partition coefficient (Wildman–Crippen LogP) is 5.46. The first-order valence-electron chi connectivity index (χ1n) is 9.22. The van der Waals surface area contributed by atoms with Gasteiger partial charge < -0.3 is 19.6 Å². The van der Waals surface area contributed by atoms with Crippen molar-refractivity contribution in [3.05, 3.63) is 29.6 Å². The lowest BCUT2D eigenvalue weighted by Crippen LogP contribution is -2.25. The van der Waals surface area contributed by atoms with E-state index in [0.717, 1.165) is 0 Å². The number of anilines is 2. The van der Waals surface area contributed by atoms with E-state index in [1.54, 1.807) is 6.92 Å². The van der Waals surface area contributed by atoms with Crippen molar-refractivity contribution in [1.82, 2.24) is 9.97 Å². The van der Waals surface area contributed by atoms with E-state index in [2.05, 4.69) is 20.6 Å². The van der Waals surface area contributed by atoms with Crippen LogP contribution < -0.4 is 15.9 Å². The van der Waals surface area contributed by atoms with Crippen LogP contribution in [0.25, 0.3) is 0 Å². The van der Waals surface area contributed by atoms with Crippen molar-refractivity contribution in [3.8, 4) is 0 Å². The van der Waals surface area contributed by atoms with Crippen LogP contribution in [0.5, 0.6) is 0 Å². The van der Waals surface area contributed by atoms with E-state index in [4.69, 9.17) is 48.3 Å². The molecule has 2 aromatic rings. The van der Waals surface area contributed by atoms with Crippen LogP contribution in [0.3, 0.4) is 0 Å². The molecule has 2 heterocycles. The maximum absolute atomic E-state index is 13.3. The van der Waals surface area contributed by atoms with E-state index in [-0.39, 0.29) is 33.9 Å². The molecule has 0 spiro atoms. The van der Waals surface area contributed by atoms with Crippen molar-refractivity contribution in [2.24, 2.45) is 5.41 Å². The summed E-state index contributed by atoms with van der Waals surface area (Å²) in [5.74, 6) is -0.782. The fourth-order valence-corrected chi connectivity index (χ4v) is 4.77. The second-order valence-corrected chi connectivity index (χ2v) is 11.6. The molecule has 0 aliphatic carbocycles. The maximum Gasteiger partial charge on any atom is 0.368 e. The number of aromatic nitrogens is 2. The first-order chi connectivity index (χ1) is 14.3. The molecule has 31 heavy (non-hydrogen) atoms. The molecular formula is C18H24Cl3N4O5P. The van der Waals surface area contributed by atoms with Crippen molar-refractivity contribution in [2.45, 2.75) is 39.1 Å². The summed E-state index contributed by atoms with van der Waals surface area (Å²) >= 11 is 17.9. The van der Waals surface area contributed by atoms with Gasteiger partial charge in [0, 0.05) is 6.54 Å². The molecule has 0 saturated carbocycles. The highest BCUT2D eigenvalue weighted by atomic mass is 35.5. The third-order valence-electron chi connectivity index (χ3n) is 3.55. The number of furan rings is 1. The van der Waals surface area contributed by atoms with E-state index in [0.29, 0.717) is 12.4 Å². The molecule has 0 fully saturated rings.